The van der Waals surface area contributed by atoms with Crippen LogP contribution in [-0.2, 0) is 14.4 Å². The van der Waals surface area contributed by atoms with E-state index >= 15 is 0 Å². The summed E-state index contributed by atoms with van der Waals surface area (Å²) >= 11 is 0. The molecule has 2 aromatic rings. The summed E-state index contributed by atoms with van der Waals surface area (Å²) in [6.07, 6.45) is 0.0766. The van der Waals surface area contributed by atoms with Crippen LogP contribution in [0.1, 0.15) is 24.8 Å². The lowest BCUT2D eigenvalue weighted by Crippen LogP contribution is -2.42. The highest BCUT2D eigenvalue weighted by Crippen LogP contribution is 2.31. The van der Waals surface area contributed by atoms with E-state index in [4.69, 9.17) is 0 Å². The number of carbonyl (C=O) groups is 3. The fourth-order valence-electron chi connectivity index (χ4n) is 3.14. The molecular formula is C20H21N3O3. The third-order valence-corrected chi connectivity index (χ3v) is 4.42. The predicted octanol–water partition coefficient (Wildman–Crippen LogP) is 2.28. The van der Waals surface area contributed by atoms with Crippen molar-refractivity contribution in [3.63, 3.8) is 0 Å². The van der Waals surface area contributed by atoms with E-state index in [1.807, 2.05) is 55.5 Å². The normalized spacial score (nSPS) is 15.6. The van der Waals surface area contributed by atoms with Crippen molar-refractivity contribution in [2.45, 2.75) is 19.3 Å². The van der Waals surface area contributed by atoms with Gasteiger partial charge in [-0.1, -0.05) is 36.4 Å². The molecule has 6 heteroatoms. The smallest absolute Gasteiger partial charge is 0.246 e. The molecule has 1 aliphatic heterocycles. The fourth-order valence-corrected chi connectivity index (χ4v) is 3.14. The number of benzene rings is 2. The predicted molar refractivity (Wildman–Crippen MR) is 99.9 cm³/mol. The Bertz CT molecular complexity index is 820. The first-order chi connectivity index (χ1) is 12.6. The molecule has 3 amide bonds. The lowest BCUT2D eigenvalue weighted by Gasteiger charge is -2.25. The van der Waals surface area contributed by atoms with Crippen molar-refractivity contribution in [2.75, 3.05) is 23.3 Å². The average Bonchev–Trinajstić information content (AvgIpc) is 2.66. The van der Waals surface area contributed by atoms with Crippen molar-refractivity contribution in [1.82, 2.24) is 5.32 Å². The van der Waals surface area contributed by atoms with E-state index in [0.29, 0.717) is 12.2 Å². The molecule has 26 heavy (non-hydrogen) atoms. The van der Waals surface area contributed by atoms with Crippen LogP contribution < -0.4 is 15.5 Å². The number of para-hydroxylation sites is 2. The molecule has 0 aliphatic carbocycles. The Balaban J connectivity index is 1.67. The summed E-state index contributed by atoms with van der Waals surface area (Å²) in [6, 6.07) is 16.5. The largest absolute Gasteiger partial charge is 0.346 e. The summed E-state index contributed by atoms with van der Waals surface area (Å²) in [6.45, 7) is 2.28. The van der Waals surface area contributed by atoms with Gasteiger partial charge in [0.1, 0.15) is 0 Å². The molecule has 0 spiro atoms. The van der Waals surface area contributed by atoms with Crippen molar-refractivity contribution in [3.05, 3.63) is 60.2 Å². The van der Waals surface area contributed by atoms with E-state index < -0.39 is 5.92 Å². The van der Waals surface area contributed by atoms with Gasteiger partial charge < -0.3 is 15.5 Å². The van der Waals surface area contributed by atoms with Gasteiger partial charge in [0.15, 0.2) is 0 Å². The van der Waals surface area contributed by atoms with Crippen LogP contribution in [0, 0.1) is 0 Å². The summed E-state index contributed by atoms with van der Waals surface area (Å²) in [7, 11) is 0. The van der Waals surface area contributed by atoms with Gasteiger partial charge in [0, 0.05) is 24.3 Å². The second kappa shape index (κ2) is 7.82. The zero-order chi connectivity index (χ0) is 18.5. The molecule has 2 aromatic carbocycles. The Morgan fingerprint density at radius 2 is 1.81 bits per heavy atom. The Kier molecular flexibility index (Phi) is 5.31. The monoisotopic (exact) mass is 351 g/mol. The number of fused-ring (bicyclic) bond motifs is 1. The van der Waals surface area contributed by atoms with Crippen LogP contribution in [0.15, 0.2) is 54.6 Å². The maximum absolute atomic E-state index is 12.6. The van der Waals surface area contributed by atoms with Gasteiger partial charge in [-0.25, -0.2) is 0 Å². The molecule has 0 saturated heterocycles. The molecule has 6 nitrogen and oxygen atoms in total. The van der Waals surface area contributed by atoms with Gasteiger partial charge in [-0.2, -0.15) is 0 Å². The molecular weight excluding hydrogens is 330 g/mol. The molecule has 0 aromatic heterocycles. The zero-order valence-corrected chi connectivity index (χ0v) is 14.6. The van der Waals surface area contributed by atoms with Gasteiger partial charge in [0.25, 0.3) is 0 Å². The SMILES string of the molecule is CCN(C(=O)CNC(=O)C1CC(=O)Nc2ccccc21)c1ccccc1. The molecule has 0 fully saturated rings. The summed E-state index contributed by atoms with van der Waals surface area (Å²) < 4.78 is 0. The first-order valence-electron chi connectivity index (χ1n) is 8.62. The Hall–Kier alpha value is -3.15. The molecule has 1 atom stereocenters. The number of hydrogen-bond acceptors (Lipinski definition) is 3. The van der Waals surface area contributed by atoms with E-state index in [1.165, 1.54) is 0 Å². The Morgan fingerprint density at radius 3 is 2.54 bits per heavy atom. The van der Waals surface area contributed by atoms with Crippen LogP contribution in [0.25, 0.3) is 0 Å². The minimum absolute atomic E-state index is 0.0766. The highest BCUT2D eigenvalue weighted by Gasteiger charge is 2.30. The Morgan fingerprint density at radius 1 is 1.12 bits per heavy atom. The average molecular weight is 351 g/mol. The molecule has 0 saturated carbocycles. The summed E-state index contributed by atoms with van der Waals surface area (Å²) in [5.74, 6) is -1.29. The second-order valence-electron chi connectivity index (χ2n) is 6.08. The number of carbonyl (C=O) groups excluding carboxylic acids is 3. The summed E-state index contributed by atoms with van der Waals surface area (Å²) in [5, 5.41) is 5.45. The van der Waals surface area contributed by atoms with E-state index in [-0.39, 0.29) is 30.7 Å². The molecule has 2 N–H and O–H groups in total. The van der Waals surface area contributed by atoms with Gasteiger partial charge in [0.2, 0.25) is 17.7 Å². The maximum atomic E-state index is 12.6. The Labute approximate surface area is 152 Å². The van der Waals surface area contributed by atoms with Crippen LogP contribution >= 0.6 is 0 Å². The molecule has 134 valence electrons. The number of likely N-dealkylation sites (N-methyl/N-ethyl adjacent to an activating group) is 1. The van der Waals surface area contributed by atoms with E-state index in [1.54, 1.807) is 11.0 Å². The summed E-state index contributed by atoms with van der Waals surface area (Å²) in [4.78, 5) is 38.6. The first-order valence-corrected chi connectivity index (χ1v) is 8.62. The van der Waals surface area contributed by atoms with Crippen LogP contribution in [0.5, 0.6) is 0 Å². The minimum atomic E-state index is -0.584. The second-order valence-corrected chi connectivity index (χ2v) is 6.08. The molecule has 1 heterocycles. The van der Waals surface area contributed by atoms with Crippen molar-refractivity contribution < 1.29 is 14.4 Å². The third kappa shape index (κ3) is 3.74. The quantitative estimate of drug-likeness (QED) is 0.867. The fraction of sp³-hybridized carbons (Fsp3) is 0.250. The molecule has 3 rings (SSSR count). The molecule has 0 radical (unpaired) electrons. The van der Waals surface area contributed by atoms with Crippen molar-refractivity contribution >= 4 is 29.1 Å². The van der Waals surface area contributed by atoms with Crippen molar-refractivity contribution in [3.8, 4) is 0 Å². The van der Waals surface area contributed by atoms with Crippen LogP contribution in [0.3, 0.4) is 0 Å². The third-order valence-electron chi connectivity index (χ3n) is 4.42. The number of anilines is 2. The molecule has 1 aliphatic rings. The van der Waals surface area contributed by atoms with E-state index in [9.17, 15) is 14.4 Å². The lowest BCUT2D eigenvalue weighted by atomic mass is 9.90. The lowest BCUT2D eigenvalue weighted by molar-refractivity contribution is -0.128. The van der Waals surface area contributed by atoms with Crippen LogP contribution in [0.2, 0.25) is 0 Å². The van der Waals surface area contributed by atoms with E-state index in [0.717, 1.165) is 11.3 Å². The van der Waals surface area contributed by atoms with Gasteiger partial charge in [-0.05, 0) is 30.7 Å². The minimum Gasteiger partial charge on any atom is -0.346 e. The first kappa shape index (κ1) is 17.7. The highest BCUT2D eigenvalue weighted by atomic mass is 16.2. The number of rotatable bonds is 5. The van der Waals surface area contributed by atoms with E-state index in [2.05, 4.69) is 10.6 Å². The number of nitrogens with zero attached hydrogens (tertiary/aromatic N) is 1. The molecule has 1 unspecified atom stereocenters. The maximum Gasteiger partial charge on any atom is 0.246 e. The van der Waals surface area contributed by atoms with Crippen molar-refractivity contribution in [1.29, 1.82) is 0 Å². The van der Waals surface area contributed by atoms with Crippen LogP contribution in [0.4, 0.5) is 11.4 Å². The summed E-state index contributed by atoms with van der Waals surface area (Å²) in [5.41, 5.74) is 2.21. The van der Waals surface area contributed by atoms with Gasteiger partial charge in [0.05, 0.1) is 12.5 Å². The topological polar surface area (TPSA) is 78.5 Å². The number of amides is 3. The zero-order valence-electron chi connectivity index (χ0n) is 14.6. The molecule has 0 bridgehead atoms. The van der Waals surface area contributed by atoms with Gasteiger partial charge in [-0.15, -0.1) is 0 Å². The number of hydrogen-bond donors (Lipinski definition) is 2. The van der Waals surface area contributed by atoms with Crippen molar-refractivity contribution in [2.24, 2.45) is 0 Å². The van der Waals surface area contributed by atoms with Gasteiger partial charge >= 0.3 is 0 Å². The standard InChI is InChI=1S/C20H21N3O3/c1-2-23(14-8-4-3-5-9-14)19(25)13-21-20(26)16-12-18(24)22-17-11-7-6-10-15(16)17/h3-11,16H,2,12-13H2,1H3,(H,21,26)(H,22,24). The highest BCUT2D eigenvalue weighted by molar-refractivity contribution is 6.02. The van der Waals surface area contributed by atoms with Gasteiger partial charge in [-0.3, -0.25) is 14.4 Å². The van der Waals surface area contributed by atoms with Crippen LogP contribution in [-0.4, -0.2) is 30.8 Å². The number of nitrogens with one attached hydrogen (secondary N) is 2.